The third-order valence-corrected chi connectivity index (χ3v) is 3.84. The summed E-state index contributed by atoms with van der Waals surface area (Å²) in [4.78, 5) is 11.6. The first-order valence-electron chi connectivity index (χ1n) is 7.78. The predicted molar refractivity (Wildman–Crippen MR) is 92.8 cm³/mol. The number of carbonyl (C=O) groups is 1. The Kier molecular flexibility index (Phi) is 6.35. The molecule has 2 rings (SSSR count). The van der Waals surface area contributed by atoms with Crippen molar-refractivity contribution in [3.63, 3.8) is 0 Å². The number of methoxy groups -OCH3 is 2. The van der Waals surface area contributed by atoms with Crippen molar-refractivity contribution in [2.45, 2.75) is 25.6 Å². The van der Waals surface area contributed by atoms with Crippen molar-refractivity contribution in [2.24, 2.45) is 0 Å². The number of esters is 1. The Bertz CT molecular complexity index is 667. The van der Waals surface area contributed by atoms with Gasteiger partial charge in [0.15, 0.2) is 0 Å². The number of benzene rings is 2. The minimum Gasteiger partial charge on any atom is -0.496 e. The van der Waals surface area contributed by atoms with E-state index in [4.69, 9.17) is 4.74 Å². The lowest BCUT2D eigenvalue weighted by Gasteiger charge is -2.19. The van der Waals surface area contributed by atoms with E-state index in [0.717, 1.165) is 22.4 Å². The SMILES string of the molecule is COC(=O)[C@@H](NCc1ccc(-c2ccccc2OC)cc1)[C@H](C)O. The lowest BCUT2D eigenvalue weighted by atomic mass is 10.0. The predicted octanol–water partition coefficient (Wildman–Crippen LogP) is 2.37. The Labute approximate surface area is 142 Å². The van der Waals surface area contributed by atoms with Gasteiger partial charge in [-0.15, -0.1) is 0 Å². The molecule has 0 saturated heterocycles. The Hall–Kier alpha value is -2.37. The maximum atomic E-state index is 11.6. The number of hydrogen-bond acceptors (Lipinski definition) is 5. The summed E-state index contributed by atoms with van der Waals surface area (Å²) in [6.07, 6.45) is -0.828. The van der Waals surface area contributed by atoms with Crippen molar-refractivity contribution in [3.8, 4) is 16.9 Å². The second-order valence-corrected chi connectivity index (χ2v) is 5.52. The van der Waals surface area contributed by atoms with E-state index in [9.17, 15) is 9.90 Å². The molecule has 0 spiro atoms. The van der Waals surface area contributed by atoms with Gasteiger partial charge in [0, 0.05) is 12.1 Å². The molecule has 2 aromatic rings. The van der Waals surface area contributed by atoms with E-state index >= 15 is 0 Å². The van der Waals surface area contributed by atoms with Gasteiger partial charge in [-0.2, -0.15) is 0 Å². The highest BCUT2D eigenvalue weighted by atomic mass is 16.5. The maximum absolute atomic E-state index is 11.6. The largest absolute Gasteiger partial charge is 0.496 e. The normalized spacial score (nSPS) is 13.2. The molecule has 0 aliphatic rings. The molecule has 2 atom stereocenters. The monoisotopic (exact) mass is 329 g/mol. The third-order valence-electron chi connectivity index (χ3n) is 3.84. The van der Waals surface area contributed by atoms with Gasteiger partial charge in [0.1, 0.15) is 11.8 Å². The van der Waals surface area contributed by atoms with Crippen molar-refractivity contribution in [3.05, 3.63) is 54.1 Å². The molecule has 0 bridgehead atoms. The Morgan fingerprint density at radius 2 is 1.79 bits per heavy atom. The van der Waals surface area contributed by atoms with E-state index in [-0.39, 0.29) is 0 Å². The van der Waals surface area contributed by atoms with E-state index in [2.05, 4.69) is 10.1 Å². The average molecular weight is 329 g/mol. The van der Waals surface area contributed by atoms with Crippen LogP contribution < -0.4 is 10.1 Å². The van der Waals surface area contributed by atoms with Crippen LogP contribution in [0, 0.1) is 0 Å². The molecule has 24 heavy (non-hydrogen) atoms. The quantitative estimate of drug-likeness (QED) is 0.764. The Balaban J connectivity index is 2.08. The van der Waals surface area contributed by atoms with Crippen molar-refractivity contribution in [1.82, 2.24) is 5.32 Å². The first-order chi connectivity index (χ1) is 11.6. The molecule has 0 saturated carbocycles. The molecule has 2 N–H and O–H groups in total. The molecule has 0 heterocycles. The van der Waals surface area contributed by atoms with Gasteiger partial charge in [0.05, 0.1) is 20.3 Å². The van der Waals surface area contributed by atoms with Crippen molar-refractivity contribution in [2.75, 3.05) is 14.2 Å². The van der Waals surface area contributed by atoms with Crippen LogP contribution >= 0.6 is 0 Å². The second-order valence-electron chi connectivity index (χ2n) is 5.52. The molecule has 0 aliphatic carbocycles. The fourth-order valence-electron chi connectivity index (χ4n) is 2.49. The summed E-state index contributed by atoms with van der Waals surface area (Å²) in [6.45, 7) is 2.01. The topological polar surface area (TPSA) is 67.8 Å². The molecule has 0 unspecified atom stereocenters. The van der Waals surface area contributed by atoms with Crippen molar-refractivity contribution in [1.29, 1.82) is 0 Å². The van der Waals surface area contributed by atoms with Crippen LogP contribution in [0.3, 0.4) is 0 Å². The van der Waals surface area contributed by atoms with Crippen LogP contribution in [0.15, 0.2) is 48.5 Å². The van der Waals surface area contributed by atoms with Gasteiger partial charge in [-0.1, -0.05) is 42.5 Å². The van der Waals surface area contributed by atoms with Gasteiger partial charge >= 0.3 is 5.97 Å². The molecular weight excluding hydrogens is 306 g/mol. The fourth-order valence-corrected chi connectivity index (χ4v) is 2.49. The molecule has 2 aromatic carbocycles. The zero-order chi connectivity index (χ0) is 17.5. The van der Waals surface area contributed by atoms with Crippen LogP contribution in [-0.2, 0) is 16.1 Å². The second kappa shape index (κ2) is 8.47. The average Bonchev–Trinajstić information content (AvgIpc) is 2.61. The standard InChI is InChI=1S/C19H23NO4/c1-13(21)18(19(22)24-3)20-12-14-8-10-15(11-9-14)16-6-4-5-7-17(16)23-2/h4-11,13,18,20-21H,12H2,1-3H3/t13-,18-/m0/s1. The van der Waals surface area contributed by atoms with Crippen molar-refractivity contribution < 1.29 is 19.4 Å². The van der Waals surface area contributed by atoms with Gasteiger partial charge in [0.2, 0.25) is 0 Å². The van der Waals surface area contributed by atoms with Crippen molar-refractivity contribution >= 4 is 5.97 Å². The number of para-hydroxylation sites is 1. The smallest absolute Gasteiger partial charge is 0.325 e. The summed E-state index contributed by atoms with van der Waals surface area (Å²) < 4.78 is 10.1. The highest BCUT2D eigenvalue weighted by Gasteiger charge is 2.23. The van der Waals surface area contributed by atoms with Crippen LogP contribution in [0.2, 0.25) is 0 Å². The third kappa shape index (κ3) is 4.34. The number of carbonyl (C=O) groups excluding carboxylic acids is 1. The first kappa shape index (κ1) is 18.0. The Morgan fingerprint density at radius 3 is 2.38 bits per heavy atom. The van der Waals surface area contributed by atoms with Gasteiger partial charge in [-0.05, 0) is 24.1 Å². The fraction of sp³-hybridized carbons (Fsp3) is 0.316. The summed E-state index contributed by atoms with van der Waals surface area (Å²) in [7, 11) is 2.96. The summed E-state index contributed by atoms with van der Waals surface area (Å²) in [6, 6.07) is 15.1. The summed E-state index contributed by atoms with van der Waals surface area (Å²) >= 11 is 0. The van der Waals surface area contributed by atoms with Crippen LogP contribution in [-0.4, -0.2) is 37.4 Å². The van der Waals surface area contributed by atoms with Crippen LogP contribution in [0.1, 0.15) is 12.5 Å². The molecular formula is C19H23NO4. The van der Waals surface area contributed by atoms with E-state index in [1.54, 1.807) is 14.0 Å². The number of rotatable bonds is 7. The van der Waals surface area contributed by atoms with Gasteiger partial charge < -0.3 is 14.6 Å². The molecule has 0 aromatic heterocycles. The molecule has 0 radical (unpaired) electrons. The lowest BCUT2D eigenvalue weighted by Crippen LogP contribution is -2.45. The van der Waals surface area contributed by atoms with E-state index < -0.39 is 18.1 Å². The van der Waals surface area contributed by atoms with Crippen LogP contribution in [0.5, 0.6) is 5.75 Å². The summed E-state index contributed by atoms with van der Waals surface area (Å²) in [5.74, 6) is 0.346. The maximum Gasteiger partial charge on any atom is 0.325 e. The molecule has 0 fully saturated rings. The Morgan fingerprint density at radius 1 is 1.12 bits per heavy atom. The molecule has 128 valence electrons. The van der Waals surface area contributed by atoms with Crippen LogP contribution in [0.4, 0.5) is 0 Å². The molecule has 0 amide bonds. The van der Waals surface area contributed by atoms with E-state index in [0.29, 0.717) is 6.54 Å². The number of aliphatic hydroxyl groups excluding tert-OH is 1. The summed E-state index contributed by atoms with van der Waals surface area (Å²) in [5, 5.41) is 12.7. The zero-order valence-corrected chi connectivity index (χ0v) is 14.2. The van der Waals surface area contributed by atoms with Gasteiger partial charge in [0.25, 0.3) is 0 Å². The van der Waals surface area contributed by atoms with Gasteiger partial charge in [-0.3, -0.25) is 10.1 Å². The first-order valence-corrected chi connectivity index (χ1v) is 7.78. The minimum atomic E-state index is -0.828. The summed E-state index contributed by atoms with van der Waals surface area (Å²) in [5.41, 5.74) is 3.08. The van der Waals surface area contributed by atoms with Crippen LogP contribution in [0.25, 0.3) is 11.1 Å². The molecule has 0 aliphatic heterocycles. The lowest BCUT2D eigenvalue weighted by molar-refractivity contribution is -0.145. The highest BCUT2D eigenvalue weighted by molar-refractivity contribution is 5.76. The molecule has 5 nitrogen and oxygen atoms in total. The molecule has 5 heteroatoms. The number of aliphatic hydroxyl groups is 1. The number of hydrogen-bond donors (Lipinski definition) is 2. The number of nitrogens with one attached hydrogen (secondary N) is 1. The van der Waals surface area contributed by atoms with E-state index in [1.165, 1.54) is 7.11 Å². The van der Waals surface area contributed by atoms with Gasteiger partial charge in [-0.25, -0.2) is 0 Å². The highest BCUT2D eigenvalue weighted by Crippen LogP contribution is 2.29. The minimum absolute atomic E-state index is 0.455. The van der Waals surface area contributed by atoms with E-state index in [1.807, 2.05) is 48.5 Å². The zero-order valence-electron chi connectivity index (χ0n) is 14.2. The number of ether oxygens (including phenoxy) is 2.